The third-order valence-corrected chi connectivity index (χ3v) is 12.6. The molecule has 0 radical (unpaired) electrons. The normalized spacial score (nSPS) is 25.7. The Bertz CT molecular complexity index is 1820. The van der Waals surface area contributed by atoms with Crippen LogP contribution in [0.1, 0.15) is 75.6 Å². The summed E-state index contributed by atoms with van der Waals surface area (Å²) in [6, 6.07) is 16.8. The number of nitrogens with zero attached hydrogens (tertiary/aromatic N) is 3. The summed E-state index contributed by atoms with van der Waals surface area (Å²) in [5.41, 5.74) is 7.64. The fraction of sp³-hybridized carbons (Fsp3) is 0.500. The van der Waals surface area contributed by atoms with Gasteiger partial charge in [0.1, 0.15) is 5.69 Å². The average molecular weight is 627 g/mol. The molecule has 45 heavy (non-hydrogen) atoms. The van der Waals surface area contributed by atoms with E-state index in [1.54, 1.807) is 12.1 Å². The molecule has 8 rings (SSSR count). The standard InChI is InChI=1S/C36H42N4O4S/c1-36(38-29-15-19-43-23-29)16-13-24-5-6-26(20-27(24)14-17-36)28-21-32-34(25-7-9-30(10-8-25)45(41,42)31-11-12-31)39-40(35(32)37-22-28)33-4-2-3-18-44-33/h5-10,20-22,29,31,33,38H,2-4,11-19,23H2,1H3/t29-,33?,36?/m0/s1. The van der Waals surface area contributed by atoms with Crippen molar-refractivity contribution in [2.45, 2.75) is 99.1 Å². The number of nitrogens with one attached hydrogen (secondary N) is 1. The van der Waals surface area contributed by atoms with Gasteiger partial charge in [-0.1, -0.05) is 30.3 Å². The van der Waals surface area contributed by atoms with E-state index in [4.69, 9.17) is 19.6 Å². The second-order valence-corrected chi connectivity index (χ2v) is 16.0. The molecule has 0 amide bonds. The number of fused-ring (bicyclic) bond motifs is 2. The quantitative estimate of drug-likeness (QED) is 0.237. The minimum atomic E-state index is -3.25. The molecule has 1 saturated carbocycles. The third-order valence-electron chi connectivity index (χ3n) is 10.3. The van der Waals surface area contributed by atoms with Crippen LogP contribution in [-0.4, -0.2) is 59.8 Å². The second kappa shape index (κ2) is 11.6. The van der Waals surface area contributed by atoms with Gasteiger partial charge < -0.3 is 14.8 Å². The number of ether oxygens (including phenoxy) is 2. The van der Waals surface area contributed by atoms with Gasteiger partial charge in [-0.3, -0.25) is 0 Å². The van der Waals surface area contributed by atoms with Crippen LogP contribution in [0.4, 0.5) is 0 Å². The summed E-state index contributed by atoms with van der Waals surface area (Å²) in [5.74, 6) is 0. The molecule has 8 nitrogen and oxygen atoms in total. The maximum atomic E-state index is 12.8. The van der Waals surface area contributed by atoms with Gasteiger partial charge in [0.15, 0.2) is 21.7 Å². The molecular formula is C36H42N4O4S. The van der Waals surface area contributed by atoms with E-state index in [0.717, 1.165) is 111 Å². The molecule has 9 heteroatoms. The summed E-state index contributed by atoms with van der Waals surface area (Å²) in [5, 5.41) is 9.70. The van der Waals surface area contributed by atoms with E-state index >= 15 is 0 Å². The van der Waals surface area contributed by atoms with Gasteiger partial charge in [-0.2, -0.15) is 5.10 Å². The van der Waals surface area contributed by atoms with Crippen molar-refractivity contribution in [3.8, 4) is 22.4 Å². The molecule has 2 saturated heterocycles. The number of sulfone groups is 1. The van der Waals surface area contributed by atoms with Crippen molar-refractivity contribution in [1.29, 1.82) is 0 Å². The SMILES string of the molecule is CC1(N[C@H]2CCOC2)CCc2ccc(-c3cnc4c(c3)c(-c3ccc(S(=O)(=O)C5CC5)cc3)nn4C3CCCCO3)cc2CC1. The zero-order chi connectivity index (χ0) is 30.6. The van der Waals surface area contributed by atoms with Crippen molar-refractivity contribution in [1.82, 2.24) is 20.1 Å². The van der Waals surface area contributed by atoms with Crippen molar-refractivity contribution < 1.29 is 17.9 Å². The second-order valence-electron chi connectivity index (χ2n) is 13.7. The first-order valence-electron chi connectivity index (χ1n) is 16.7. The van der Waals surface area contributed by atoms with Crippen molar-refractivity contribution in [2.75, 3.05) is 19.8 Å². The van der Waals surface area contributed by atoms with E-state index in [-0.39, 0.29) is 17.0 Å². The van der Waals surface area contributed by atoms with Gasteiger partial charge in [0, 0.05) is 47.5 Å². The van der Waals surface area contributed by atoms with Crippen LogP contribution >= 0.6 is 0 Å². The number of aromatic nitrogens is 3. The van der Waals surface area contributed by atoms with Crippen molar-refractivity contribution in [2.24, 2.45) is 0 Å². The van der Waals surface area contributed by atoms with Crippen molar-refractivity contribution in [3.05, 3.63) is 65.9 Å². The largest absolute Gasteiger partial charge is 0.380 e. The molecule has 3 fully saturated rings. The predicted molar refractivity (Wildman–Crippen MR) is 175 cm³/mol. The van der Waals surface area contributed by atoms with Crippen LogP contribution < -0.4 is 5.32 Å². The van der Waals surface area contributed by atoms with Gasteiger partial charge in [-0.05, 0) is 106 Å². The predicted octanol–water partition coefficient (Wildman–Crippen LogP) is 6.42. The van der Waals surface area contributed by atoms with Crippen LogP contribution in [0.5, 0.6) is 0 Å². The lowest BCUT2D eigenvalue weighted by Gasteiger charge is -2.32. The van der Waals surface area contributed by atoms with E-state index < -0.39 is 9.84 Å². The molecule has 2 unspecified atom stereocenters. The zero-order valence-electron chi connectivity index (χ0n) is 26.0. The highest BCUT2D eigenvalue weighted by Gasteiger charge is 2.37. The van der Waals surface area contributed by atoms with Crippen LogP contribution in [0, 0.1) is 0 Å². The number of aryl methyl sites for hydroxylation is 2. The summed E-state index contributed by atoms with van der Waals surface area (Å²) in [6.45, 7) is 4.76. The van der Waals surface area contributed by atoms with Crippen LogP contribution in [0.3, 0.4) is 0 Å². The Morgan fingerprint density at radius 1 is 0.889 bits per heavy atom. The van der Waals surface area contributed by atoms with Gasteiger partial charge in [-0.15, -0.1) is 0 Å². The summed E-state index contributed by atoms with van der Waals surface area (Å²) >= 11 is 0. The molecule has 0 spiro atoms. The summed E-state index contributed by atoms with van der Waals surface area (Å²) < 4.78 is 39.4. The summed E-state index contributed by atoms with van der Waals surface area (Å²) in [4.78, 5) is 5.37. The van der Waals surface area contributed by atoms with Crippen LogP contribution in [-0.2, 0) is 32.2 Å². The van der Waals surface area contributed by atoms with Gasteiger partial charge in [0.05, 0.1) is 16.8 Å². The van der Waals surface area contributed by atoms with E-state index in [1.165, 1.54) is 11.1 Å². The lowest BCUT2D eigenvalue weighted by molar-refractivity contribution is -0.0368. The van der Waals surface area contributed by atoms with Crippen molar-refractivity contribution in [3.63, 3.8) is 0 Å². The van der Waals surface area contributed by atoms with Crippen LogP contribution in [0.15, 0.2) is 59.6 Å². The Morgan fingerprint density at radius 3 is 2.42 bits per heavy atom. The first-order chi connectivity index (χ1) is 21.9. The highest BCUT2D eigenvalue weighted by Crippen LogP contribution is 2.38. The number of benzene rings is 2. The van der Waals surface area contributed by atoms with Crippen LogP contribution in [0.25, 0.3) is 33.4 Å². The molecule has 2 aromatic heterocycles. The van der Waals surface area contributed by atoms with Gasteiger partial charge in [-0.25, -0.2) is 18.1 Å². The highest BCUT2D eigenvalue weighted by atomic mass is 32.2. The minimum absolute atomic E-state index is 0.107. The molecule has 2 aromatic carbocycles. The Hall–Kier alpha value is -3.11. The minimum Gasteiger partial charge on any atom is -0.380 e. The van der Waals surface area contributed by atoms with Crippen LogP contribution in [0.2, 0.25) is 0 Å². The Kier molecular flexibility index (Phi) is 7.55. The number of pyridine rings is 1. The molecule has 4 heterocycles. The maximum absolute atomic E-state index is 12.8. The smallest absolute Gasteiger partial charge is 0.181 e. The first-order valence-corrected chi connectivity index (χ1v) is 18.2. The van der Waals surface area contributed by atoms with E-state index in [1.807, 2.05) is 23.0 Å². The number of hydrogen-bond acceptors (Lipinski definition) is 7. The fourth-order valence-electron chi connectivity index (χ4n) is 7.40. The Labute approximate surface area is 265 Å². The van der Waals surface area contributed by atoms with Gasteiger partial charge in [0.2, 0.25) is 0 Å². The molecule has 4 aliphatic rings. The Morgan fingerprint density at radius 2 is 1.69 bits per heavy atom. The molecule has 0 bridgehead atoms. The average Bonchev–Trinajstić information content (AvgIpc) is 3.74. The third kappa shape index (κ3) is 5.73. The monoisotopic (exact) mass is 626 g/mol. The topological polar surface area (TPSA) is 95.3 Å². The van der Waals surface area contributed by atoms with Gasteiger partial charge in [0.25, 0.3) is 0 Å². The lowest BCUT2D eigenvalue weighted by Crippen LogP contribution is -2.48. The first kappa shape index (κ1) is 29.3. The highest BCUT2D eigenvalue weighted by molar-refractivity contribution is 7.92. The molecular weight excluding hydrogens is 584 g/mol. The molecule has 3 atom stereocenters. The molecule has 236 valence electrons. The van der Waals surface area contributed by atoms with E-state index in [2.05, 4.69) is 36.5 Å². The van der Waals surface area contributed by atoms with Gasteiger partial charge >= 0.3 is 0 Å². The lowest BCUT2D eigenvalue weighted by atomic mass is 9.90. The Balaban J connectivity index is 1.13. The number of hydrogen-bond donors (Lipinski definition) is 1. The maximum Gasteiger partial charge on any atom is 0.181 e. The molecule has 1 N–H and O–H groups in total. The van der Waals surface area contributed by atoms with E-state index in [0.29, 0.717) is 17.5 Å². The molecule has 2 aliphatic carbocycles. The van der Waals surface area contributed by atoms with Crippen molar-refractivity contribution >= 4 is 20.9 Å². The molecule has 2 aliphatic heterocycles. The fourth-order valence-corrected chi connectivity index (χ4v) is 9.06. The zero-order valence-corrected chi connectivity index (χ0v) is 26.8. The van der Waals surface area contributed by atoms with E-state index in [9.17, 15) is 8.42 Å². The molecule has 4 aromatic rings. The summed E-state index contributed by atoms with van der Waals surface area (Å²) in [6.07, 6.45) is 11.8. The summed E-state index contributed by atoms with van der Waals surface area (Å²) in [7, 11) is -3.25. The number of rotatable bonds is 7.